The van der Waals surface area contributed by atoms with Crippen LogP contribution in [0, 0.1) is 11.6 Å². The van der Waals surface area contributed by atoms with Gasteiger partial charge in [-0.25, -0.2) is 18.7 Å². The van der Waals surface area contributed by atoms with Crippen molar-refractivity contribution in [3.8, 4) is 11.5 Å². The zero-order chi connectivity index (χ0) is 17.1. The van der Waals surface area contributed by atoms with Crippen molar-refractivity contribution in [1.82, 2.24) is 9.97 Å². The molecule has 0 fully saturated rings. The second-order valence-corrected chi connectivity index (χ2v) is 5.04. The first-order valence-electron chi connectivity index (χ1n) is 7.17. The van der Waals surface area contributed by atoms with Gasteiger partial charge in [-0.1, -0.05) is 0 Å². The van der Waals surface area contributed by atoms with Gasteiger partial charge in [0, 0.05) is 23.6 Å². The lowest BCUT2D eigenvalue weighted by Gasteiger charge is -2.12. The highest BCUT2D eigenvalue weighted by atomic mass is 19.1. The Labute approximate surface area is 137 Å². The zero-order valence-corrected chi connectivity index (χ0v) is 13.1. The van der Waals surface area contributed by atoms with E-state index in [1.54, 1.807) is 12.1 Å². The standard InChI is InChI=1S/C17H15F2N3O2/c1-23-15-6-12-14(7-16(15)24-2)21-9-22-17(12)20-8-10-5-11(18)3-4-13(10)19/h3-7,9H,8H2,1-2H3,(H,20,21,22). The molecule has 2 aromatic carbocycles. The van der Waals surface area contributed by atoms with Gasteiger partial charge in [0.1, 0.15) is 23.8 Å². The molecule has 0 atom stereocenters. The number of benzene rings is 2. The number of nitrogens with zero attached hydrogens (tertiary/aromatic N) is 2. The highest BCUT2D eigenvalue weighted by Gasteiger charge is 2.11. The van der Waals surface area contributed by atoms with Crippen LogP contribution in [0.3, 0.4) is 0 Å². The lowest BCUT2D eigenvalue weighted by Crippen LogP contribution is -2.05. The first kappa shape index (κ1) is 15.9. The van der Waals surface area contributed by atoms with Crippen LogP contribution in [-0.2, 0) is 6.54 Å². The highest BCUT2D eigenvalue weighted by molar-refractivity contribution is 5.91. The van der Waals surface area contributed by atoms with Crippen molar-refractivity contribution in [3.63, 3.8) is 0 Å². The number of methoxy groups -OCH3 is 2. The lowest BCUT2D eigenvalue weighted by atomic mass is 10.2. The maximum Gasteiger partial charge on any atom is 0.162 e. The average molecular weight is 331 g/mol. The molecule has 3 aromatic rings. The molecular formula is C17H15F2N3O2. The fourth-order valence-corrected chi connectivity index (χ4v) is 2.38. The van der Waals surface area contributed by atoms with Crippen LogP contribution in [0.5, 0.6) is 11.5 Å². The van der Waals surface area contributed by atoms with E-state index >= 15 is 0 Å². The fraction of sp³-hybridized carbons (Fsp3) is 0.176. The van der Waals surface area contributed by atoms with Crippen LogP contribution in [0.25, 0.3) is 10.9 Å². The second kappa shape index (κ2) is 6.66. The molecule has 0 amide bonds. The summed E-state index contributed by atoms with van der Waals surface area (Å²) in [5.41, 5.74) is 0.854. The van der Waals surface area contributed by atoms with E-state index in [0.717, 1.165) is 18.2 Å². The Balaban J connectivity index is 1.96. The van der Waals surface area contributed by atoms with Crippen molar-refractivity contribution in [2.45, 2.75) is 6.54 Å². The van der Waals surface area contributed by atoms with E-state index in [1.165, 1.54) is 20.5 Å². The molecule has 0 saturated heterocycles. The third-order valence-electron chi connectivity index (χ3n) is 3.59. The molecule has 0 aliphatic rings. The first-order chi connectivity index (χ1) is 11.6. The summed E-state index contributed by atoms with van der Waals surface area (Å²) in [6, 6.07) is 6.78. The molecular weight excluding hydrogens is 316 g/mol. The normalized spacial score (nSPS) is 10.7. The number of rotatable bonds is 5. The van der Waals surface area contributed by atoms with Gasteiger partial charge in [-0.3, -0.25) is 0 Å². The van der Waals surface area contributed by atoms with Crippen molar-refractivity contribution < 1.29 is 18.3 Å². The molecule has 1 heterocycles. The zero-order valence-electron chi connectivity index (χ0n) is 13.1. The number of nitrogens with one attached hydrogen (secondary N) is 1. The van der Waals surface area contributed by atoms with Crippen molar-refractivity contribution in [2.75, 3.05) is 19.5 Å². The van der Waals surface area contributed by atoms with Crippen LogP contribution in [0.15, 0.2) is 36.7 Å². The maximum atomic E-state index is 13.7. The average Bonchev–Trinajstić information content (AvgIpc) is 2.61. The molecule has 0 radical (unpaired) electrons. The summed E-state index contributed by atoms with van der Waals surface area (Å²) in [4.78, 5) is 8.36. The molecule has 7 heteroatoms. The quantitative estimate of drug-likeness (QED) is 0.775. The number of hydrogen-bond donors (Lipinski definition) is 1. The minimum absolute atomic E-state index is 0.0874. The van der Waals surface area contributed by atoms with Crippen LogP contribution in [0.4, 0.5) is 14.6 Å². The number of anilines is 1. The smallest absolute Gasteiger partial charge is 0.162 e. The minimum atomic E-state index is -0.493. The largest absolute Gasteiger partial charge is 0.493 e. The molecule has 0 bridgehead atoms. The maximum absolute atomic E-state index is 13.7. The van der Waals surface area contributed by atoms with E-state index < -0.39 is 11.6 Å². The summed E-state index contributed by atoms with van der Waals surface area (Å²) in [5, 5.41) is 3.69. The van der Waals surface area contributed by atoms with Crippen molar-refractivity contribution >= 4 is 16.7 Å². The van der Waals surface area contributed by atoms with Crippen molar-refractivity contribution in [2.24, 2.45) is 0 Å². The highest BCUT2D eigenvalue weighted by Crippen LogP contribution is 2.33. The SMILES string of the molecule is COc1cc2ncnc(NCc3cc(F)ccc3F)c2cc1OC. The lowest BCUT2D eigenvalue weighted by molar-refractivity contribution is 0.356. The van der Waals surface area contributed by atoms with Crippen LogP contribution in [0.1, 0.15) is 5.56 Å². The van der Waals surface area contributed by atoms with Gasteiger partial charge < -0.3 is 14.8 Å². The minimum Gasteiger partial charge on any atom is -0.493 e. The molecule has 24 heavy (non-hydrogen) atoms. The van der Waals surface area contributed by atoms with Gasteiger partial charge in [-0.15, -0.1) is 0 Å². The van der Waals surface area contributed by atoms with Gasteiger partial charge in [0.25, 0.3) is 0 Å². The monoisotopic (exact) mass is 331 g/mol. The Morgan fingerprint density at radius 1 is 1.00 bits per heavy atom. The molecule has 0 unspecified atom stereocenters. The molecule has 0 saturated carbocycles. The van der Waals surface area contributed by atoms with Crippen molar-refractivity contribution in [1.29, 1.82) is 0 Å². The fourth-order valence-electron chi connectivity index (χ4n) is 2.38. The van der Waals surface area contributed by atoms with Crippen LogP contribution in [0.2, 0.25) is 0 Å². The van der Waals surface area contributed by atoms with E-state index in [-0.39, 0.29) is 12.1 Å². The van der Waals surface area contributed by atoms with Gasteiger partial charge in [-0.05, 0) is 24.3 Å². The predicted molar refractivity (Wildman–Crippen MR) is 86.3 cm³/mol. The summed E-state index contributed by atoms with van der Waals surface area (Å²) < 4.78 is 37.5. The summed E-state index contributed by atoms with van der Waals surface area (Å²) >= 11 is 0. The summed E-state index contributed by atoms with van der Waals surface area (Å²) in [7, 11) is 3.07. The number of aromatic nitrogens is 2. The van der Waals surface area contributed by atoms with E-state index in [1.807, 2.05) is 0 Å². The Kier molecular flexibility index (Phi) is 4.41. The Bertz CT molecular complexity index is 887. The molecule has 0 spiro atoms. The molecule has 1 aromatic heterocycles. The molecule has 3 rings (SSSR count). The first-order valence-corrected chi connectivity index (χ1v) is 7.17. The third kappa shape index (κ3) is 3.05. The molecule has 124 valence electrons. The Hall–Kier alpha value is -2.96. The summed E-state index contributed by atoms with van der Waals surface area (Å²) in [6.07, 6.45) is 1.39. The van der Waals surface area contributed by atoms with Crippen LogP contribution in [-0.4, -0.2) is 24.2 Å². The number of fused-ring (bicyclic) bond motifs is 1. The van der Waals surface area contributed by atoms with Gasteiger partial charge in [0.2, 0.25) is 0 Å². The molecule has 0 aliphatic carbocycles. The third-order valence-corrected chi connectivity index (χ3v) is 3.59. The van der Waals surface area contributed by atoms with Crippen LogP contribution >= 0.6 is 0 Å². The number of hydrogen-bond acceptors (Lipinski definition) is 5. The van der Waals surface area contributed by atoms with E-state index in [2.05, 4.69) is 15.3 Å². The van der Waals surface area contributed by atoms with E-state index in [9.17, 15) is 8.78 Å². The summed E-state index contributed by atoms with van der Waals surface area (Å²) in [5.74, 6) is 0.587. The van der Waals surface area contributed by atoms with E-state index in [4.69, 9.17) is 9.47 Å². The van der Waals surface area contributed by atoms with Gasteiger partial charge >= 0.3 is 0 Å². The number of ether oxygens (including phenoxy) is 2. The van der Waals surface area contributed by atoms with Gasteiger partial charge in [-0.2, -0.15) is 0 Å². The van der Waals surface area contributed by atoms with Gasteiger partial charge in [0.15, 0.2) is 11.5 Å². The van der Waals surface area contributed by atoms with Crippen LogP contribution < -0.4 is 14.8 Å². The topological polar surface area (TPSA) is 56.3 Å². The number of halogens is 2. The molecule has 5 nitrogen and oxygen atoms in total. The van der Waals surface area contributed by atoms with E-state index in [0.29, 0.717) is 28.2 Å². The van der Waals surface area contributed by atoms with Gasteiger partial charge in [0.05, 0.1) is 19.7 Å². The summed E-state index contributed by atoms with van der Waals surface area (Å²) in [6.45, 7) is 0.0874. The van der Waals surface area contributed by atoms with Crippen molar-refractivity contribution in [3.05, 3.63) is 53.9 Å². The predicted octanol–water partition coefficient (Wildman–Crippen LogP) is 3.54. The Morgan fingerprint density at radius 3 is 2.50 bits per heavy atom. The molecule has 0 aliphatic heterocycles. The second-order valence-electron chi connectivity index (χ2n) is 5.04. The Morgan fingerprint density at radius 2 is 1.75 bits per heavy atom. The molecule has 1 N–H and O–H groups in total.